The molecule has 0 bridgehead atoms. The lowest BCUT2D eigenvalue weighted by Crippen LogP contribution is -2.39. The molecule has 3 heterocycles. The lowest BCUT2D eigenvalue weighted by Gasteiger charge is -2.34. The average molecular weight is 453 g/mol. The first-order valence-corrected chi connectivity index (χ1v) is 11.4. The van der Waals surface area contributed by atoms with E-state index in [4.69, 9.17) is 20.8 Å². The number of fused-ring (bicyclic) bond motifs is 1. The van der Waals surface area contributed by atoms with Gasteiger partial charge in [-0.3, -0.25) is 9.69 Å². The molecule has 158 valence electrons. The van der Waals surface area contributed by atoms with E-state index in [9.17, 15) is 4.79 Å². The quantitative estimate of drug-likeness (QED) is 0.414. The molecule has 1 amide bonds. The SMILES string of the molecule is O=C(Nc1c(C(c2ccccc2Cl)N2CCOCC2)oc2ccccc12)c1cccs1. The highest BCUT2D eigenvalue weighted by Gasteiger charge is 2.32. The summed E-state index contributed by atoms with van der Waals surface area (Å²) in [7, 11) is 0. The summed E-state index contributed by atoms with van der Waals surface area (Å²) in [4.78, 5) is 15.9. The van der Waals surface area contributed by atoms with Crippen LogP contribution in [-0.2, 0) is 4.74 Å². The number of carbonyl (C=O) groups is 1. The molecule has 1 atom stereocenters. The molecule has 1 N–H and O–H groups in total. The fourth-order valence-corrected chi connectivity index (χ4v) is 4.86. The van der Waals surface area contributed by atoms with Gasteiger partial charge in [-0.05, 0) is 35.2 Å². The number of nitrogens with zero attached hydrogens (tertiary/aromatic N) is 1. The van der Waals surface area contributed by atoms with Crippen molar-refractivity contribution in [1.29, 1.82) is 0 Å². The van der Waals surface area contributed by atoms with Crippen LogP contribution in [0.3, 0.4) is 0 Å². The van der Waals surface area contributed by atoms with E-state index in [0.717, 1.165) is 29.6 Å². The number of nitrogens with one attached hydrogen (secondary N) is 1. The third-order valence-corrected chi connectivity index (χ3v) is 6.68. The molecule has 1 saturated heterocycles. The summed E-state index contributed by atoms with van der Waals surface area (Å²) in [6, 6.07) is 19.0. The van der Waals surface area contributed by atoms with Gasteiger partial charge in [-0.15, -0.1) is 11.3 Å². The maximum absolute atomic E-state index is 13.0. The highest BCUT2D eigenvalue weighted by Crippen LogP contribution is 2.42. The Kier molecular flexibility index (Phi) is 5.78. The van der Waals surface area contributed by atoms with Crippen LogP contribution >= 0.6 is 22.9 Å². The minimum Gasteiger partial charge on any atom is -0.457 e. The number of amides is 1. The van der Waals surface area contributed by atoms with Crippen LogP contribution in [-0.4, -0.2) is 37.1 Å². The smallest absolute Gasteiger partial charge is 0.265 e. The summed E-state index contributed by atoms with van der Waals surface area (Å²) < 4.78 is 12.0. The molecular weight excluding hydrogens is 432 g/mol. The molecule has 2 aromatic heterocycles. The zero-order chi connectivity index (χ0) is 21.2. The number of ether oxygens (including phenoxy) is 1. The molecule has 4 aromatic rings. The third-order valence-electron chi connectivity index (χ3n) is 5.47. The summed E-state index contributed by atoms with van der Waals surface area (Å²) in [5, 5.41) is 6.54. The van der Waals surface area contributed by atoms with E-state index in [1.165, 1.54) is 11.3 Å². The predicted molar refractivity (Wildman–Crippen MR) is 124 cm³/mol. The summed E-state index contributed by atoms with van der Waals surface area (Å²) in [6.07, 6.45) is 0. The van der Waals surface area contributed by atoms with Crippen molar-refractivity contribution in [1.82, 2.24) is 4.90 Å². The maximum Gasteiger partial charge on any atom is 0.265 e. The van der Waals surface area contributed by atoms with Crippen LogP contribution in [0.1, 0.15) is 27.0 Å². The topological polar surface area (TPSA) is 54.7 Å². The number of para-hydroxylation sites is 1. The van der Waals surface area contributed by atoms with Gasteiger partial charge in [-0.1, -0.05) is 48.0 Å². The van der Waals surface area contributed by atoms with E-state index in [1.54, 1.807) is 0 Å². The molecule has 31 heavy (non-hydrogen) atoms. The molecule has 1 unspecified atom stereocenters. The van der Waals surface area contributed by atoms with Gasteiger partial charge in [-0.25, -0.2) is 0 Å². The molecule has 0 spiro atoms. The molecule has 1 fully saturated rings. The molecule has 0 radical (unpaired) electrons. The number of halogens is 1. The van der Waals surface area contributed by atoms with Gasteiger partial charge in [0.15, 0.2) is 5.76 Å². The molecule has 2 aromatic carbocycles. The minimum atomic E-state index is -0.247. The van der Waals surface area contributed by atoms with Crippen molar-refractivity contribution in [2.24, 2.45) is 0 Å². The predicted octanol–water partition coefficient (Wildman–Crippen LogP) is 5.82. The van der Waals surface area contributed by atoms with Crippen molar-refractivity contribution in [3.05, 3.63) is 87.3 Å². The molecule has 5 rings (SSSR count). The Balaban J connectivity index is 1.66. The van der Waals surface area contributed by atoms with Crippen LogP contribution in [0.15, 0.2) is 70.5 Å². The summed E-state index contributed by atoms with van der Waals surface area (Å²) in [6.45, 7) is 2.76. The molecule has 1 aliphatic rings. The standard InChI is InChI=1S/C24H21ClN2O3S/c25-18-8-3-1-6-16(18)22(27-11-13-29-14-12-27)23-21(17-7-2-4-9-19(17)30-23)26-24(28)20-10-5-15-31-20/h1-10,15,22H,11-14H2,(H,26,28). The van der Waals surface area contributed by atoms with Crippen molar-refractivity contribution >= 4 is 45.5 Å². The van der Waals surface area contributed by atoms with Gasteiger partial charge < -0.3 is 14.5 Å². The van der Waals surface area contributed by atoms with Crippen LogP contribution in [0, 0.1) is 0 Å². The Morgan fingerprint density at radius 1 is 1.03 bits per heavy atom. The average Bonchev–Trinajstić information content (AvgIpc) is 3.45. The first-order chi connectivity index (χ1) is 15.2. The largest absolute Gasteiger partial charge is 0.457 e. The molecule has 0 saturated carbocycles. The van der Waals surface area contributed by atoms with Gasteiger partial charge in [0.25, 0.3) is 5.91 Å². The fourth-order valence-electron chi connectivity index (χ4n) is 4.01. The molecule has 5 nitrogen and oxygen atoms in total. The monoisotopic (exact) mass is 452 g/mol. The minimum absolute atomic E-state index is 0.150. The van der Waals surface area contributed by atoms with E-state index in [1.807, 2.05) is 66.0 Å². The second-order valence-electron chi connectivity index (χ2n) is 7.34. The van der Waals surface area contributed by atoms with Crippen molar-refractivity contribution < 1.29 is 13.9 Å². The van der Waals surface area contributed by atoms with Crippen LogP contribution in [0.25, 0.3) is 11.0 Å². The Morgan fingerprint density at radius 2 is 1.81 bits per heavy atom. The molecule has 7 heteroatoms. The number of morpholine rings is 1. The number of hydrogen-bond donors (Lipinski definition) is 1. The van der Waals surface area contributed by atoms with Gasteiger partial charge in [-0.2, -0.15) is 0 Å². The Labute approximate surface area is 189 Å². The van der Waals surface area contributed by atoms with Crippen LogP contribution in [0.2, 0.25) is 5.02 Å². The van der Waals surface area contributed by atoms with Gasteiger partial charge in [0.05, 0.1) is 29.8 Å². The highest BCUT2D eigenvalue weighted by atomic mass is 35.5. The Morgan fingerprint density at radius 3 is 2.58 bits per heavy atom. The van der Waals surface area contributed by atoms with Gasteiger partial charge >= 0.3 is 0 Å². The molecular formula is C24H21ClN2O3S. The number of furan rings is 1. The van der Waals surface area contributed by atoms with Gasteiger partial charge in [0.1, 0.15) is 5.58 Å². The van der Waals surface area contributed by atoms with Crippen molar-refractivity contribution in [3.63, 3.8) is 0 Å². The Hall–Kier alpha value is -2.64. The highest BCUT2D eigenvalue weighted by molar-refractivity contribution is 7.12. The van der Waals surface area contributed by atoms with Gasteiger partial charge in [0, 0.05) is 23.5 Å². The summed E-state index contributed by atoms with van der Waals surface area (Å²) in [5.74, 6) is 0.531. The van der Waals surface area contributed by atoms with Crippen molar-refractivity contribution in [2.45, 2.75) is 6.04 Å². The lowest BCUT2D eigenvalue weighted by molar-refractivity contribution is 0.0206. The van der Waals surface area contributed by atoms with Crippen molar-refractivity contribution in [3.8, 4) is 0 Å². The second-order valence-corrected chi connectivity index (χ2v) is 8.70. The number of thiophene rings is 1. The third kappa shape index (κ3) is 4.00. The van der Waals surface area contributed by atoms with Crippen LogP contribution in [0.4, 0.5) is 5.69 Å². The zero-order valence-corrected chi connectivity index (χ0v) is 18.3. The number of benzene rings is 2. The van der Waals surface area contributed by atoms with Crippen LogP contribution in [0.5, 0.6) is 0 Å². The second kappa shape index (κ2) is 8.85. The first-order valence-electron chi connectivity index (χ1n) is 10.1. The maximum atomic E-state index is 13.0. The fraction of sp³-hybridized carbons (Fsp3) is 0.208. The normalized spacial score (nSPS) is 15.8. The van der Waals surface area contributed by atoms with Crippen LogP contribution < -0.4 is 5.32 Å². The van der Waals surface area contributed by atoms with E-state index >= 15 is 0 Å². The number of anilines is 1. The lowest BCUT2D eigenvalue weighted by atomic mass is 10.00. The Bertz CT molecular complexity index is 1200. The number of carbonyl (C=O) groups excluding carboxylic acids is 1. The first kappa shape index (κ1) is 20.3. The number of hydrogen-bond acceptors (Lipinski definition) is 5. The molecule has 1 aliphatic heterocycles. The van der Waals surface area contributed by atoms with E-state index < -0.39 is 0 Å². The van der Waals surface area contributed by atoms with E-state index in [0.29, 0.717) is 34.6 Å². The van der Waals surface area contributed by atoms with E-state index in [2.05, 4.69) is 10.2 Å². The van der Waals surface area contributed by atoms with Crippen molar-refractivity contribution in [2.75, 3.05) is 31.6 Å². The van der Waals surface area contributed by atoms with Gasteiger partial charge in [0.2, 0.25) is 0 Å². The summed E-state index contributed by atoms with van der Waals surface area (Å²) in [5.41, 5.74) is 2.35. The van der Waals surface area contributed by atoms with E-state index in [-0.39, 0.29) is 11.9 Å². The summed E-state index contributed by atoms with van der Waals surface area (Å²) >= 11 is 8.05. The zero-order valence-electron chi connectivity index (χ0n) is 16.7. The molecule has 0 aliphatic carbocycles. The number of rotatable bonds is 5.